The quantitative estimate of drug-likeness (QED) is 0.523. The molecule has 0 aliphatic carbocycles. The molecule has 0 fully saturated rings. The van der Waals surface area contributed by atoms with Crippen molar-refractivity contribution < 1.29 is 9.00 Å². The first kappa shape index (κ1) is 19.1. The monoisotopic (exact) mass is 377 g/mol. The normalized spacial score (nSPS) is 12.9. The van der Waals surface area contributed by atoms with Gasteiger partial charge in [-0.3, -0.25) is 9.00 Å². The van der Waals surface area contributed by atoms with Crippen molar-refractivity contribution in [2.24, 2.45) is 0 Å². The maximum atomic E-state index is 12.6. The molecule has 3 aromatic rings. The van der Waals surface area contributed by atoms with Crippen LogP contribution in [0.5, 0.6) is 0 Å². The zero-order chi connectivity index (χ0) is 18.9. The third kappa shape index (κ3) is 5.38. The van der Waals surface area contributed by atoms with E-state index in [-0.39, 0.29) is 6.04 Å². The first-order valence-corrected chi connectivity index (χ1v) is 10.3. The predicted octanol–water partition coefficient (Wildman–Crippen LogP) is 4.24. The minimum Gasteiger partial charge on any atom is -0.337 e. The van der Waals surface area contributed by atoms with Crippen molar-refractivity contribution in [3.8, 4) is 0 Å². The molecule has 138 valence electrons. The predicted molar refractivity (Wildman–Crippen MR) is 110 cm³/mol. The van der Waals surface area contributed by atoms with Crippen LogP contribution in [0.1, 0.15) is 17.2 Å². The van der Waals surface area contributed by atoms with Crippen molar-refractivity contribution in [3.05, 3.63) is 102 Å². The summed E-state index contributed by atoms with van der Waals surface area (Å²) in [5, 5.41) is 0. The van der Waals surface area contributed by atoms with Crippen LogP contribution in [-0.4, -0.2) is 27.8 Å². The van der Waals surface area contributed by atoms with E-state index in [1.54, 1.807) is 4.90 Å². The lowest BCUT2D eigenvalue weighted by Gasteiger charge is -2.29. The van der Waals surface area contributed by atoms with Crippen LogP contribution in [0.25, 0.3) is 0 Å². The number of hydrogen-bond acceptors (Lipinski definition) is 2. The Morgan fingerprint density at radius 3 is 1.96 bits per heavy atom. The van der Waals surface area contributed by atoms with Crippen LogP contribution >= 0.6 is 0 Å². The molecular weight excluding hydrogens is 354 g/mol. The second-order valence-electron chi connectivity index (χ2n) is 6.32. The second-order valence-corrected chi connectivity index (χ2v) is 7.89. The summed E-state index contributed by atoms with van der Waals surface area (Å²) in [4.78, 5) is 14.4. The van der Waals surface area contributed by atoms with E-state index in [4.69, 9.17) is 0 Å². The summed E-state index contributed by atoms with van der Waals surface area (Å²) in [5.41, 5.74) is 2.25. The molecule has 0 spiro atoms. The number of hydrogen-bond donors (Lipinski definition) is 0. The summed E-state index contributed by atoms with van der Waals surface area (Å²) in [7, 11) is -1.13. The third-order valence-corrected chi connectivity index (χ3v) is 5.88. The summed E-state index contributed by atoms with van der Waals surface area (Å²) in [6, 6.07) is 29.5. The van der Waals surface area contributed by atoms with Gasteiger partial charge in [-0.05, 0) is 29.7 Å². The summed E-state index contributed by atoms with van der Waals surface area (Å²) >= 11 is 0. The van der Waals surface area contributed by atoms with Gasteiger partial charge in [-0.2, -0.15) is 0 Å². The molecule has 3 rings (SSSR count). The average molecular weight is 378 g/mol. The Morgan fingerprint density at radius 2 is 1.37 bits per heavy atom. The SMILES string of the molecule is O=CN(CCS(=O)c1ccccc1)[C@@H](Cc1ccccc1)c1ccccc1. The van der Waals surface area contributed by atoms with Crippen LogP contribution in [0.2, 0.25) is 0 Å². The fraction of sp³-hybridized carbons (Fsp3) is 0.174. The van der Waals surface area contributed by atoms with E-state index < -0.39 is 10.8 Å². The first-order chi connectivity index (χ1) is 13.3. The molecule has 0 aliphatic heterocycles. The maximum absolute atomic E-state index is 12.6. The number of rotatable bonds is 9. The van der Waals surface area contributed by atoms with Crippen LogP contribution in [0.3, 0.4) is 0 Å². The van der Waals surface area contributed by atoms with Crippen LogP contribution in [0.15, 0.2) is 95.9 Å². The molecule has 0 saturated carbocycles. The van der Waals surface area contributed by atoms with Gasteiger partial charge in [0.05, 0.1) is 16.8 Å². The number of amides is 1. The third-order valence-electron chi connectivity index (χ3n) is 4.53. The van der Waals surface area contributed by atoms with Crippen molar-refractivity contribution in [2.45, 2.75) is 17.4 Å². The highest BCUT2D eigenvalue weighted by Crippen LogP contribution is 2.24. The highest BCUT2D eigenvalue weighted by atomic mass is 32.2. The van der Waals surface area contributed by atoms with Crippen molar-refractivity contribution in [3.63, 3.8) is 0 Å². The van der Waals surface area contributed by atoms with E-state index in [1.165, 1.54) is 5.56 Å². The summed E-state index contributed by atoms with van der Waals surface area (Å²) < 4.78 is 12.6. The van der Waals surface area contributed by atoms with Gasteiger partial charge in [0.25, 0.3) is 0 Å². The van der Waals surface area contributed by atoms with Crippen LogP contribution in [0, 0.1) is 0 Å². The minimum absolute atomic E-state index is 0.0844. The minimum atomic E-state index is -1.13. The molecule has 0 saturated heterocycles. The number of nitrogens with zero attached hydrogens (tertiary/aromatic N) is 1. The lowest BCUT2D eigenvalue weighted by molar-refractivity contribution is -0.120. The van der Waals surface area contributed by atoms with E-state index in [0.29, 0.717) is 12.3 Å². The fourth-order valence-corrected chi connectivity index (χ4v) is 4.17. The second kappa shape index (κ2) is 9.83. The van der Waals surface area contributed by atoms with E-state index >= 15 is 0 Å². The van der Waals surface area contributed by atoms with E-state index in [1.807, 2.05) is 78.9 Å². The molecule has 1 amide bonds. The number of benzene rings is 3. The van der Waals surface area contributed by atoms with Gasteiger partial charge in [-0.1, -0.05) is 78.9 Å². The fourth-order valence-electron chi connectivity index (χ4n) is 3.10. The standard InChI is InChI=1S/C23H23NO2S/c25-19-24(16-17-27(26)22-14-8-3-9-15-22)23(21-12-6-2-7-13-21)18-20-10-4-1-5-11-20/h1-15,19,23H,16-18H2/t23-,27?/m0/s1. The van der Waals surface area contributed by atoms with Gasteiger partial charge in [0.1, 0.15) is 0 Å². The lowest BCUT2D eigenvalue weighted by atomic mass is 9.98. The summed E-state index contributed by atoms with van der Waals surface area (Å²) in [6.07, 6.45) is 1.60. The Balaban J connectivity index is 1.76. The largest absolute Gasteiger partial charge is 0.337 e. The Hall–Kier alpha value is -2.72. The molecule has 3 nitrogen and oxygen atoms in total. The summed E-state index contributed by atoms with van der Waals surface area (Å²) in [6.45, 7) is 0.442. The Kier molecular flexibility index (Phi) is 6.94. The van der Waals surface area contributed by atoms with E-state index in [9.17, 15) is 9.00 Å². The maximum Gasteiger partial charge on any atom is 0.210 e. The van der Waals surface area contributed by atoms with E-state index in [2.05, 4.69) is 12.1 Å². The van der Waals surface area contributed by atoms with Gasteiger partial charge in [0, 0.05) is 17.2 Å². The highest BCUT2D eigenvalue weighted by Gasteiger charge is 2.20. The highest BCUT2D eigenvalue weighted by molar-refractivity contribution is 7.85. The molecular formula is C23H23NO2S. The topological polar surface area (TPSA) is 37.4 Å². The zero-order valence-corrected chi connectivity index (χ0v) is 15.9. The van der Waals surface area contributed by atoms with Gasteiger partial charge < -0.3 is 4.90 Å². The van der Waals surface area contributed by atoms with Gasteiger partial charge in [0.2, 0.25) is 6.41 Å². The smallest absolute Gasteiger partial charge is 0.210 e. The average Bonchev–Trinajstić information content (AvgIpc) is 2.75. The van der Waals surface area contributed by atoms with Crippen LogP contribution < -0.4 is 0 Å². The van der Waals surface area contributed by atoms with Gasteiger partial charge >= 0.3 is 0 Å². The molecule has 0 bridgehead atoms. The molecule has 27 heavy (non-hydrogen) atoms. The Bertz CT molecular complexity index is 853. The lowest BCUT2D eigenvalue weighted by Crippen LogP contribution is -2.32. The first-order valence-electron chi connectivity index (χ1n) is 9.01. The molecule has 4 heteroatoms. The van der Waals surface area contributed by atoms with Crippen molar-refractivity contribution in [1.29, 1.82) is 0 Å². The Morgan fingerprint density at radius 1 is 0.815 bits per heavy atom. The van der Waals surface area contributed by atoms with Gasteiger partial charge in [-0.15, -0.1) is 0 Å². The van der Waals surface area contributed by atoms with Crippen LogP contribution in [-0.2, 0) is 22.0 Å². The van der Waals surface area contributed by atoms with Crippen molar-refractivity contribution in [1.82, 2.24) is 4.90 Å². The molecule has 0 N–H and O–H groups in total. The molecule has 1 unspecified atom stereocenters. The van der Waals surface area contributed by atoms with Gasteiger partial charge in [0.15, 0.2) is 0 Å². The number of carbonyl (C=O) groups excluding carboxylic acids is 1. The van der Waals surface area contributed by atoms with Crippen molar-refractivity contribution in [2.75, 3.05) is 12.3 Å². The molecule has 0 aromatic heterocycles. The summed E-state index contributed by atoms with van der Waals surface area (Å²) in [5.74, 6) is 0.418. The molecule has 3 aromatic carbocycles. The number of carbonyl (C=O) groups is 1. The molecule has 0 heterocycles. The van der Waals surface area contributed by atoms with Gasteiger partial charge in [-0.25, -0.2) is 0 Å². The van der Waals surface area contributed by atoms with Crippen LogP contribution in [0.4, 0.5) is 0 Å². The zero-order valence-electron chi connectivity index (χ0n) is 15.1. The Labute approximate surface area is 163 Å². The van der Waals surface area contributed by atoms with Crippen molar-refractivity contribution >= 4 is 17.2 Å². The molecule has 0 radical (unpaired) electrons. The van der Waals surface area contributed by atoms with E-state index in [0.717, 1.165) is 23.3 Å². The molecule has 2 atom stereocenters. The molecule has 0 aliphatic rings.